The molecule has 142 valence electrons. The minimum Gasteiger partial charge on any atom is -0.492 e. The van der Waals surface area contributed by atoms with Crippen LogP contribution in [-0.2, 0) is 11.2 Å². The molecular weight excluding hydrogens is 344 g/mol. The molecule has 0 bridgehead atoms. The normalized spacial score (nSPS) is 14.9. The second kappa shape index (κ2) is 8.12. The van der Waals surface area contributed by atoms with Gasteiger partial charge < -0.3 is 20.1 Å². The van der Waals surface area contributed by atoms with Gasteiger partial charge in [-0.15, -0.1) is 0 Å². The molecule has 2 N–H and O–H groups in total. The second-order valence-corrected chi connectivity index (χ2v) is 6.62. The Morgan fingerprint density at radius 2 is 2.07 bits per heavy atom. The summed E-state index contributed by atoms with van der Waals surface area (Å²) in [6, 6.07) is 10.9. The van der Waals surface area contributed by atoms with Crippen LogP contribution in [0.25, 0.3) is 0 Å². The van der Waals surface area contributed by atoms with E-state index in [4.69, 9.17) is 9.47 Å². The van der Waals surface area contributed by atoms with E-state index in [9.17, 15) is 9.59 Å². The molecular formula is C21H24N2O4. The van der Waals surface area contributed by atoms with Gasteiger partial charge in [-0.25, -0.2) is 0 Å². The third kappa shape index (κ3) is 4.58. The van der Waals surface area contributed by atoms with E-state index in [1.807, 2.05) is 39.0 Å². The van der Waals surface area contributed by atoms with Crippen LogP contribution >= 0.6 is 0 Å². The number of nitrogens with one attached hydrogen (secondary N) is 2. The quantitative estimate of drug-likeness (QED) is 0.821. The summed E-state index contributed by atoms with van der Waals surface area (Å²) in [5, 5.41) is 5.43. The maximum atomic E-state index is 12.3. The van der Waals surface area contributed by atoms with Crippen molar-refractivity contribution in [2.75, 3.05) is 18.5 Å². The lowest BCUT2D eigenvalue weighted by atomic mass is 10.1. The maximum absolute atomic E-state index is 12.3. The van der Waals surface area contributed by atoms with Gasteiger partial charge in [-0.3, -0.25) is 9.59 Å². The number of hydrogen-bond donors (Lipinski definition) is 2. The van der Waals surface area contributed by atoms with Crippen LogP contribution in [0.2, 0.25) is 0 Å². The van der Waals surface area contributed by atoms with Gasteiger partial charge in [-0.2, -0.15) is 0 Å². The number of hydrogen-bond acceptors (Lipinski definition) is 4. The first kappa shape index (κ1) is 18.8. The zero-order chi connectivity index (χ0) is 19.4. The molecule has 1 unspecified atom stereocenters. The molecule has 0 radical (unpaired) electrons. The maximum Gasteiger partial charge on any atom is 0.251 e. The first-order valence-corrected chi connectivity index (χ1v) is 9.07. The van der Waals surface area contributed by atoms with E-state index in [1.165, 1.54) is 0 Å². The van der Waals surface area contributed by atoms with Gasteiger partial charge in [0.2, 0.25) is 5.91 Å². The molecule has 27 heavy (non-hydrogen) atoms. The van der Waals surface area contributed by atoms with E-state index in [-0.39, 0.29) is 24.5 Å². The number of rotatable bonds is 6. The number of anilines is 1. The first-order chi connectivity index (χ1) is 13.0. The van der Waals surface area contributed by atoms with Crippen molar-refractivity contribution in [1.29, 1.82) is 0 Å². The molecule has 0 fully saturated rings. The summed E-state index contributed by atoms with van der Waals surface area (Å²) < 4.78 is 11.4. The first-order valence-electron chi connectivity index (χ1n) is 9.07. The van der Waals surface area contributed by atoms with E-state index >= 15 is 0 Å². The van der Waals surface area contributed by atoms with Gasteiger partial charge in [0, 0.05) is 23.6 Å². The largest absolute Gasteiger partial charge is 0.492 e. The van der Waals surface area contributed by atoms with E-state index in [1.54, 1.807) is 18.2 Å². The molecule has 1 atom stereocenters. The Morgan fingerprint density at radius 3 is 2.81 bits per heavy atom. The molecule has 0 saturated heterocycles. The van der Waals surface area contributed by atoms with Crippen molar-refractivity contribution < 1.29 is 19.1 Å². The Balaban J connectivity index is 1.65. The summed E-state index contributed by atoms with van der Waals surface area (Å²) in [6.45, 7) is 6.16. The molecule has 2 amide bonds. The molecule has 6 nitrogen and oxygen atoms in total. The Hall–Kier alpha value is -3.02. The third-order valence-corrected chi connectivity index (χ3v) is 4.26. The summed E-state index contributed by atoms with van der Waals surface area (Å²) in [6.07, 6.45) is 0.921. The van der Waals surface area contributed by atoms with Gasteiger partial charge in [0.05, 0.1) is 18.8 Å². The van der Waals surface area contributed by atoms with E-state index in [2.05, 4.69) is 10.6 Å². The predicted molar refractivity (Wildman–Crippen MR) is 104 cm³/mol. The van der Waals surface area contributed by atoms with Crippen molar-refractivity contribution in [2.45, 2.75) is 33.3 Å². The van der Waals surface area contributed by atoms with Gasteiger partial charge >= 0.3 is 0 Å². The standard InChI is InChI=1S/C21H24N2O4/c1-4-26-19-10-16-9-14(3)27-18(16)11-17(19)23-20(24)12-22-21(25)15-7-5-6-13(2)8-15/h5-8,10-11,14H,4,9,12H2,1-3H3,(H,22,25)(H,23,24). The number of aryl methyl sites for hydroxylation is 1. The highest BCUT2D eigenvalue weighted by atomic mass is 16.5. The van der Waals surface area contributed by atoms with Crippen LogP contribution < -0.4 is 20.1 Å². The third-order valence-electron chi connectivity index (χ3n) is 4.26. The average Bonchev–Trinajstić information content (AvgIpc) is 2.99. The topological polar surface area (TPSA) is 76.7 Å². The molecule has 3 rings (SSSR count). The molecule has 0 saturated carbocycles. The monoisotopic (exact) mass is 368 g/mol. The Bertz CT molecular complexity index is 863. The molecule has 0 spiro atoms. The summed E-state index contributed by atoms with van der Waals surface area (Å²) in [7, 11) is 0. The van der Waals surface area contributed by atoms with Crippen LogP contribution in [0.15, 0.2) is 36.4 Å². The second-order valence-electron chi connectivity index (χ2n) is 6.62. The molecule has 2 aromatic carbocycles. The number of carbonyl (C=O) groups is 2. The van der Waals surface area contributed by atoms with Crippen molar-refractivity contribution in [3.63, 3.8) is 0 Å². The van der Waals surface area contributed by atoms with Gasteiger partial charge in [-0.1, -0.05) is 17.7 Å². The number of benzene rings is 2. The average molecular weight is 368 g/mol. The number of ether oxygens (including phenoxy) is 2. The van der Waals surface area contributed by atoms with Gasteiger partial charge in [0.25, 0.3) is 5.91 Å². The fraction of sp³-hybridized carbons (Fsp3) is 0.333. The van der Waals surface area contributed by atoms with Crippen molar-refractivity contribution in [1.82, 2.24) is 5.32 Å². The lowest BCUT2D eigenvalue weighted by Gasteiger charge is -2.14. The SMILES string of the molecule is CCOc1cc2c(cc1NC(=O)CNC(=O)c1cccc(C)c1)OC(C)C2. The van der Waals surface area contributed by atoms with Crippen LogP contribution in [0.3, 0.4) is 0 Å². The smallest absolute Gasteiger partial charge is 0.251 e. The van der Waals surface area contributed by atoms with E-state index in [0.717, 1.165) is 23.3 Å². The van der Waals surface area contributed by atoms with Crippen LogP contribution in [0, 0.1) is 6.92 Å². The number of fused-ring (bicyclic) bond motifs is 1. The van der Waals surface area contributed by atoms with Crippen LogP contribution in [0.1, 0.15) is 35.3 Å². The van der Waals surface area contributed by atoms with Gasteiger partial charge in [-0.05, 0) is 39.0 Å². The molecule has 1 aliphatic rings. The minimum atomic E-state index is -0.331. The number of amides is 2. The summed E-state index contributed by atoms with van der Waals surface area (Å²) in [5.74, 6) is 0.741. The van der Waals surface area contributed by atoms with E-state index in [0.29, 0.717) is 23.6 Å². The molecule has 2 aromatic rings. The fourth-order valence-corrected chi connectivity index (χ4v) is 3.06. The van der Waals surface area contributed by atoms with Crippen LogP contribution in [0.5, 0.6) is 11.5 Å². The van der Waals surface area contributed by atoms with Crippen molar-refractivity contribution in [3.8, 4) is 11.5 Å². The van der Waals surface area contributed by atoms with Gasteiger partial charge in [0.15, 0.2) is 0 Å². The highest BCUT2D eigenvalue weighted by molar-refractivity contribution is 6.00. The number of carbonyl (C=O) groups excluding carboxylic acids is 2. The summed E-state index contributed by atoms with van der Waals surface area (Å²) in [4.78, 5) is 24.5. The van der Waals surface area contributed by atoms with Crippen LogP contribution in [-0.4, -0.2) is 31.1 Å². The lowest BCUT2D eigenvalue weighted by Crippen LogP contribution is -2.33. The fourth-order valence-electron chi connectivity index (χ4n) is 3.06. The predicted octanol–water partition coefficient (Wildman–Crippen LogP) is 3.09. The molecule has 6 heteroatoms. The minimum absolute atomic E-state index is 0.106. The van der Waals surface area contributed by atoms with Crippen molar-refractivity contribution in [2.24, 2.45) is 0 Å². The molecule has 0 aromatic heterocycles. The highest BCUT2D eigenvalue weighted by Crippen LogP contribution is 2.37. The Morgan fingerprint density at radius 1 is 1.26 bits per heavy atom. The van der Waals surface area contributed by atoms with Crippen molar-refractivity contribution in [3.05, 3.63) is 53.1 Å². The Kier molecular flexibility index (Phi) is 5.64. The van der Waals surface area contributed by atoms with E-state index < -0.39 is 0 Å². The Labute approximate surface area is 158 Å². The zero-order valence-electron chi connectivity index (χ0n) is 15.8. The summed E-state index contributed by atoms with van der Waals surface area (Å²) >= 11 is 0. The molecule has 0 aliphatic carbocycles. The summed E-state index contributed by atoms with van der Waals surface area (Å²) in [5.41, 5.74) is 3.12. The molecule has 1 aliphatic heterocycles. The highest BCUT2D eigenvalue weighted by Gasteiger charge is 2.22. The molecule has 1 heterocycles. The van der Waals surface area contributed by atoms with Crippen LogP contribution in [0.4, 0.5) is 5.69 Å². The zero-order valence-corrected chi connectivity index (χ0v) is 15.8. The van der Waals surface area contributed by atoms with Gasteiger partial charge in [0.1, 0.15) is 17.6 Å². The lowest BCUT2D eigenvalue weighted by molar-refractivity contribution is -0.115. The van der Waals surface area contributed by atoms with Crippen molar-refractivity contribution >= 4 is 17.5 Å².